The molecule has 0 aromatic carbocycles. The van der Waals surface area contributed by atoms with Gasteiger partial charge in [0.1, 0.15) is 11.6 Å². The lowest BCUT2D eigenvalue weighted by Crippen LogP contribution is -2.14. The number of halogens is 4. The highest BCUT2D eigenvalue weighted by atomic mass is 19.4. The Balaban J connectivity index is 2.69. The highest BCUT2D eigenvalue weighted by Crippen LogP contribution is 2.29. The van der Waals surface area contributed by atoms with Gasteiger partial charge in [-0.3, -0.25) is 0 Å². The predicted octanol–water partition coefficient (Wildman–Crippen LogP) is 3.44. The molecule has 0 radical (unpaired) electrons. The van der Waals surface area contributed by atoms with Gasteiger partial charge in [-0.2, -0.15) is 0 Å². The highest BCUT2D eigenvalue weighted by molar-refractivity contribution is 5.25. The van der Waals surface area contributed by atoms with Gasteiger partial charge in [-0.25, -0.2) is 4.39 Å². The minimum absolute atomic E-state index is 0.0960. The van der Waals surface area contributed by atoms with Crippen molar-refractivity contribution in [3.05, 3.63) is 23.2 Å². The van der Waals surface area contributed by atoms with Gasteiger partial charge in [0, 0.05) is 12.5 Å². The molecule has 0 saturated heterocycles. The van der Waals surface area contributed by atoms with Gasteiger partial charge in [0.2, 0.25) is 0 Å². The van der Waals surface area contributed by atoms with Crippen molar-refractivity contribution in [2.45, 2.75) is 26.1 Å². The van der Waals surface area contributed by atoms with Crippen LogP contribution in [-0.2, 0) is 4.74 Å². The summed E-state index contributed by atoms with van der Waals surface area (Å²) in [7, 11) is 0. The van der Waals surface area contributed by atoms with E-state index in [2.05, 4.69) is 4.74 Å². The molecule has 13 heavy (non-hydrogen) atoms. The van der Waals surface area contributed by atoms with Gasteiger partial charge in [0.05, 0.1) is 0 Å². The van der Waals surface area contributed by atoms with Gasteiger partial charge < -0.3 is 4.74 Å². The summed E-state index contributed by atoms with van der Waals surface area (Å²) in [6.45, 7) is 1.54. The normalized spacial score (nSPS) is 18.7. The van der Waals surface area contributed by atoms with Gasteiger partial charge in [0.25, 0.3) is 0 Å². The number of ether oxygens (including phenoxy) is 1. The molecule has 0 spiro atoms. The Morgan fingerprint density at radius 2 is 1.92 bits per heavy atom. The summed E-state index contributed by atoms with van der Waals surface area (Å²) < 4.78 is 51.3. The molecule has 0 aromatic rings. The lowest BCUT2D eigenvalue weighted by atomic mass is 10.0. The van der Waals surface area contributed by atoms with Crippen LogP contribution in [-0.4, -0.2) is 6.36 Å². The lowest BCUT2D eigenvalue weighted by molar-refractivity contribution is -0.306. The van der Waals surface area contributed by atoms with E-state index in [0.717, 1.165) is 6.08 Å². The third-order valence-corrected chi connectivity index (χ3v) is 1.69. The quantitative estimate of drug-likeness (QED) is 0.583. The van der Waals surface area contributed by atoms with Crippen molar-refractivity contribution in [1.82, 2.24) is 0 Å². The Hall–Kier alpha value is -1.00. The predicted molar refractivity (Wildman–Crippen MR) is 38.3 cm³/mol. The summed E-state index contributed by atoms with van der Waals surface area (Å²) in [5.41, 5.74) is 0.453. The summed E-state index contributed by atoms with van der Waals surface area (Å²) in [6.07, 6.45) is -3.57. The molecule has 1 aliphatic carbocycles. The highest BCUT2D eigenvalue weighted by Gasteiger charge is 2.32. The summed E-state index contributed by atoms with van der Waals surface area (Å²) in [4.78, 5) is 0. The first-order valence-corrected chi connectivity index (χ1v) is 3.70. The average Bonchev–Trinajstić information content (AvgIpc) is 1.94. The molecule has 0 aliphatic heterocycles. The topological polar surface area (TPSA) is 9.23 Å². The zero-order valence-electron chi connectivity index (χ0n) is 6.91. The van der Waals surface area contributed by atoms with Crippen molar-refractivity contribution < 1.29 is 22.3 Å². The third-order valence-electron chi connectivity index (χ3n) is 1.69. The zero-order valence-corrected chi connectivity index (χ0v) is 6.91. The lowest BCUT2D eigenvalue weighted by Gasteiger charge is -2.16. The van der Waals surface area contributed by atoms with Crippen molar-refractivity contribution in [3.8, 4) is 0 Å². The molecule has 0 saturated carbocycles. The molecule has 0 fully saturated rings. The average molecular weight is 196 g/mol. The van der Waals surface area contributed by atoms with Crippen molar-refractivity contribution >= 4 is 0 Å². The van der Waals surface area contributed by atoms with Crippen LogP contribution < -0.4 is 0 Å². The van der Waals surface area contributed by atoms with Gasteiger partial charge in [-0.1, -0.05) is 0 Å². The molecule has 1 nitrogen and oxygen atoms in total. The monoisotopic (exact) mass is 196 g/mol. The van der Waals surface area contributed by atoms with Crippen LogP contribution in [0.5, 0.6) is 0 Å². The second kappa shape index (κ2) is 3.40. The molecule has 0 amide bonds. The second-order valence-corrected chi connectivity index (χ2v) is 2.79. The molecule has 0 heterocycles. The van der Waals surface area contributed by atoms with E-state index in [9.17, 15) is 17.6 Å². The number of hydrogen-bond donors (Lipinski definition) is 0. The molecule has 5 heteroatoms. The maximum Gasteiger partial charge on any atom is 0.572 e. The maximum absolute atomic E-state index is 12.8. The summed E-state index contributed by atoms with van der Waals surface area (Å²) in [6, 6.07) is 0. The number of rotatable bonds is 1. The standard InChI is InChI=1S/C8H8F4O/c1-5-2-3-6(4-7(5)9)13-8(10,11)12/h4H,2-3H2,1H3. The van der Waals surface area contributed by atoms with Crippen LogP contribution in [0.4, 0.5) is 17.6 Å². The fourth-order valence-corrected chi connectivity index (χ4v) is 0.996. The Labute approximate surface area is 72.7 Å². The Kier molecular flexibility index (Phi) is 2.63. The zero-order chi connectivity index (χ0) is 10.1. The van der Waals surface area contributed by atoms with Crippen LogP contribution in [0.2, 0.25) is 0 Å². The van der Waals surface area contributed by atoms with E-state index in [1.807, 2.05) is 0 Å². The number of hydrogen-bond acceptors (Lipinski definition) is 1. The molecular formula is C8H8F4O. The van der Waals surface area contributed by atoms with Gasteiger partial charge >= 0.3 is 6.36 Å². The molecule has 0 aromatic heterocycles. The minimum atomic E-state index is -4.72. The molecule has 74 valence electrons. The van der Waals surface area contributed by atoms with E-state index in [4.69, 9.17) is 0 Å². The van der Waals surface area contributed by atoms with Crippen molar-refractivity contribution in [1.29, 1.82) is 0 Å². The molecule has 0 N–H and O–H groups in total. The molecule has 0 unspecified atom stereocenters. The van der Waals surface area contributed by atoms with Crippen LogP contribution in [0.1, 0.15) is 19.8 Å². The molecule has 0 bridgehead atoms. The van der Waals surface area contributed by atoms with Crippen molar-refractivity contribution in [2.75, 3.05) is 0 Å². The number of allylic oxidation sites excluding steroid dienone is 4. The van der Waals surface area contributed by atoms with Gasteiger partial charge in [-0.05, 0) is 18.9 Å². The largest absolute Gasteiger partial charge is 0.572 e. The summed E-state index contributed by atoms with van der Waals surface area (Å²) in [5.74, 6) is -0.999. The van der Waals surface area contributed by atoms with Crippen LogP contribution in [0.15, 0.2) is 23.2 Å². The van der Waals surface area contributed by atoms with E-state index in [1.165, 1.54) is 6.92 Å². The Bertz CT molecular complexity index is 262. The van der Waals surface area contributed by atoms with Crippen molar-refractivity contribution in [2.24, 2.45) is 0 Å². The van der Waals surface area contributed by atoms with Crippen LogP contribution in [0, 0.1) is 0 Å². The minimum Gasteiger partial charge on any atom is -0.410 e. The van der Waals surface area contributed by atoms with Crippen LogP contribution in [0.25, 0.3) is 0 Å². The Morgan fingerprint density at radius 3 is 2.38 bits per heavy atom. The Morgan fingerprint density at radius 1 is 1.31 bits per heavy atom. The fourth-order valence-electron chi connectivity index (χ4n) is 0.996. The summed E-state index contributed by atoms with van der Waals surface area (Å²) >= 11 is 0. The van der Waals surface area contributed by atoms with E-state index in [1.54, 1.807) is 0 Å². The SMILES string of the molecule is CC1=C(F)C=C(OC(F)(F)F)CC1. The molecular weight excluding hydrogens is 188 g/mol. The second-order valence-electron chi connectivity index (χ2n) is 2.79. The van der Waals surface area contributed by atoms with E-state index in [0.29, 0.717) is 5.57 Å². The number of alkyl halides is 3. The molecule has 1 aliphatic rings. The first kappa shape index (κ1) is 10.1. The first-order chi connectivity index (χ1) is 5.88. The van der Waals surface area contributed by atoms with Crippen LogP contribution >= 0.6 is 0 Å². The van der Waals surface area contributed by atoms with Gasteiger partial charge in [0.15, 0.2) is 0 Å². The van der Waals surface area contributed by atoms with E-state index < -0.39 is 12.2 Å². The van der Waals surface area contributed by atoms with Crippen LogP contribution in [0.3, 0.4) is 0 Å². The first-order valence-electron chi connectivity index (χ1n) is 3.70. The van der Waals surface area contributed by atoms with Crippen molar-refractivity contribution in [3.63, 3.8) is 0 Å². The molecule has 1 rings (SSSR count). The van der Waals surface area contributed by atoms with E-state index >= 15 is 0 Å². The third kappa shape index (κ3) is 3.08. The maximum atomic E-state index is 12.8. The molecule has 0 atom stereocenters. The van der Waals surface area contributed by atoms with Gasteiger partial charge in [-0.15, -0.1) is 13.2 Å². The summed E-state index contributed by atoms with van der Waals surface area (Å²) in [5, 5.41) is 0. The van der Waals surface area contributed by atoms with E-state index in [-0.39, 0.29) is 18.6 Å². The fraction of sp³-hybridized carbons (Fsp3) is 0.500. The smallest absolute Gasteiger partial charge is 0.410 e.